The van der Waals surface area contributed by atoms with Gasteiger partial charge in [0.2, 0.25) is 0 Å². The fraction of sp³-hybridized carbons (Fsp3) is 0.824. The van der Waals surface area contributed by atoms with E-state index in [4.69, 9.17) is 4.74 Å². The van der Waals surface area contributed by atoms with Crippen LogP contribution in [0.5, 0.6) is 5.75 Å². The van der Waals surface area contributed by atoms with Crippen molar-refractivity contribution < 1.29 is 4.74 Å². The maximum Gasteiger partial charge on any atom is 0.161 e. The molecule has 1 rings (SSSR count). The molecule has 0 aliphatic heterocycles. The molecule has 0 aliphatic rings. The number of methoxy groups -OCH3 is 1. The molecule has 1 aromatic rings. The molecular weight excluding hydrogens is 262 g/mol. The third-order valence-corrected chi connectivity index (χ3v) is 4.14. The monoisotopic (exact) mass is 295 g/mol. The van der Waals surface area contributed by atoms with Gasteiger partial charge in [0.1, 0.15) is 0 Å². The van der Waals surface area contributed by atoms with E-state index in [1.165, 1.54) is 50.6 Å². The smallest absolute Gasteiger partial charge is 0.161 e. The number of hydrogen-bond acceptors (Lipinski definition) is 3. The maximum atomic E-state index is 5.46. The Labute approximate surface area is 130 Å². The van der Waals surface area contributed by atoms with Crippen molar-refractivity contribution in [3.63, 3.8) is 0 Å². The summed E-state index contributed by atoms with van der Waals surface area (Å²) in [4.78, 5) is 0. The molecule has 0 saturated carbocycles. The van der Waals surface area contributed by atoms with Crippen LogP contribution in [0.4, 0.5) is 0 Å². The lowest BCUT2D eigenvalue weighted by atomic mass is 10.0. The lowest BCUT2D eigenvalue weighted by Gasteiger charge is -2.19. The number of nitrogens with zero attached hydrogens (tertiary/aromatic N) is 2. The standard InChI is InChI=1S/C17H33N3O/c1-5-7-8-9-10-11-12-13-15(18-3)17-16(21-4)14-19-20(17)6-2/h14-15,18H,5-13H2,1-4H3. The maximum absolute atomic E-state index is 5.46. The predicted octanol–water partition coefficient (Wildman–Crippen LogP) is 4.31. The van der Waals surface area contributed by atoms with Crippen LogP contribution in [0.1, 0.15) is 76.9 Å². The van der Waals surface area contributed by atoms with E-state index >= 15 is 0 Å². The first-order valence-corrected chi connectivity index (χ1v) is 8.55. The number of ether oxygens (including phenoxy) is 1. The summed E-state index contributed by atoms with van der Waals surface area (Å²) >= 11 is 0. The van der Waals surface area contributed by atoms with Gasteiger partial charge in [-0.3, -0.25) is 4.68 Å². The van der Waals surface area contributed by atoms with Crippen LogP contribution in [0.3, 0.4) is 0 Å². The zero-order valence-corrected chi connectivity index (χ0v) is 14.3. The van der Waals surface area contributed by atoms with E-state index in [1.54, 1.807) is 7.11 Å². The molecule has 0 saturated heterocycles. The van der Waals surface area contributed by atoms with Crippen LogP contribution >= 0.6 is 0 Å². The van der Waals surface area contributed by atoms with E-state index in [1.807, 2.05) is 17.9 Å². The second-order valence-corrected chi connectivity index (χ2v) is 5.67. The Bertz CT molecular complexity index is 355. The number of aromatic nitrogens is 2. The Kier molecular flexibility index (Phi) is 9.15. The average Bonchev–Trinajstić information content (AvgIpc) is 2.93. The quantitative estimate of drug-likeness (QED) is 0.584. The number of unbranched alkanes of at least 4 members (excludes halogenated alkanes) is 6. The Morgan fingerprint density at radius 2 is 1.81 bits per heavy atom. The molecule has 1 N–H and O–H groups in total. The minimum Gasteiger partial charge on any atom is -0.493 e. The fourth-order valence-electron chi connectivity index (χ4n) is 2.86. The summed E-state index contributed by atoms with van der Waals surface area (Å²) in [5, 5.41) is 7.83. The average molecular weight is 295 g/mol. The Morgan fingerprint density at radius 3 is 2.38 bits per heavy atom. The number of hydrogen-bond donors (Lipinski definition) is 1. The minimum absolute atomic E-state index is 0.332. The molecule has 122 valence electrons. The van der Waals surface area contributed by atoms with Crippen molar-refractivity contribution in [2.45, 2.75) is 77.8 Å². The van der Waals surface area contributed by atoms with Gasteiger partial charge in [-0.2, -0.15) is 5.10 Å². The summed E-state index contributed by atoms with van der Waals surface area (Å²) in [6.07, 6.45) is 12.4. The lowest BCUT2D eigenvalue weighted by Crippen LogP contribution is -2.21. The molecule has 0 radical (unpaired) electrons. The van der Waals surface area contributed by atoms with E-state index in [0.717, 1.165) is 18.7 Å². The molecule has 1 aromatic heterocycles. The highest BCUT2D eigenvalue weighted by atomic mass is 16.5. The van der Waals surface area contributed by atoms with Gasteiger partial charge >= 0.3 is 0 Å². The highest BCUT2D eigenvalue weighted by Gasteiger charge is 2.19. The summed E-state index contributed by atoms with van der Waals surface area (Å²) in [5.74, 6) is 0.902. The van der Waals surface area contributed by atoms with Crippen molar-refractivity contribution in [1.29, 1.82) is 0 Å². The van der Waals surface area contributed by atoms with Crippen LogP contribution in [0.2, 0.25) is 0 Å². The molecule has 1 unspecified atom stereocenters. The molecule has 0 spiro atoms. The molecule has 1 heterocycles. The van der Waals surface area contributed by atoms with Crippen molar-refractivity contribution in [3.8, 4) is 5.75 Å². The van der Waals surface area contributed by atoms with E-state index in [-0.39, 0.29) is 0 Å². The zero-order valence-electron chi connectivity index (χ0n) is 14.3. The first-order chi connectivity index (χ1) is 10.3. The van der Waals surface area contributed by atoms with Crippen LogP contribution in [-0.2, 0) is 6.54 Å². The third kappa shape index (κ3) is 5.70. The van der Waals surface area contributed by atoms with Gasteiger partial charge in [0.15, 0.2) is 5.75 Å². The summed E-state index contributed by atoms with van der Waals surface area (Å²) in [5.41, 5.74) is 1.19. The topological polar surface area (TPSA) is 39.1 Å². The van der Waals surface area contributed by atoms with E-state index < -0.39 is 0 Å². The van der Waals surface area contributed by atoms with Gasteiger partial charge in [-0.15, -0.1) is 0 Å². The summed E-state index contributed by atoms with van der Waals surface area (Å²) < 4.78 is 7.50. The summed E-state index contributed by atoms with van der Waals surface area (Å²) in [7, 11) is 3.75. The van der Waals surface area contributed by atoms with Gasteiger partial charge in [-0.1, -0.05) is 51.9 Å². The molecule has 21 heavy (non-hydrogen) atoms. The van der Waals surface area contributed by atoms with E-state index in [9.17, 15) is 0 Å². The van der Waals surface area contributed by atoms with Gasteiger partial charge in [0, 0.05) is 6.54 Å². The number of rotatable bonds is 12. The first kappa shape index (κ1) is 18.0. The largest absolute Gasteiger partial charge is 0.493 e. The van der Waals surface area contributed by atoms with Gasteiger partial charge < -0.3 is 10.1 Å². The van der Waals surface area contributed by atoms with Crippen LogP contribution in [0.15, 0.2) is 6.20 Å². The first-order valence-electron chi connectivity index (χ1n) is 8.55. The van der Waals surface area contributed by atoms with Gasteiger partial charge in [-0.05, 0) is 20.4 Å². The second-order valence-electron chi connectivity index (χ2n) is 5.67. The van der Waals surface area contributed by atoms with E-state index in [0.29, 0.717) is 6.04 Å². The van der Waals surface area contributed by atoms with Gasteiger partial charge in [-0.25, -0.2) is 0 Å². The van der Waals surface area contributed by atoms with Gasteiger partial charge in [0.05, 0.1) is 25.0 Å². The highest BCUT2D eigenvalue weighted by Crippen LogP contribution is 2.28. The van der Waals surface area contributed by atoms with Crippen molar-refractivity contribution >= 4 is 0 Å². The fourth-order valence-corrected chi connectivity index (χ4v) is 2.86. The van der Waals surface area contributed by atoms with Gasteiger partial charge in [0.25, 0.3) is 0 Å². The molecule has 4 heteroatoms. The van der Waals surface area contributed by atoms with Crippen LogP contribution < -0.4 is 10.1 Å². The highest BCUT2D eigenvalue weighted by molar-refractivity contribution is 5.28. The van der Waals surface area contributed by atoms with Crippen LogP contribution in [0.25, 0.3) is 0 Å². The zero-order chi connectivity index (χ0) is 15.5. The Hall–Kier alpha value is -1.03. The molecule has 1 atom stereocenters. The Balaban J connectivity index is 2.42. The normalized spacial score (nSPS) is 12.6. The summed E-state index contributed by atoms with van der Waals surface area (Å²) in [6, 6.07) is 0.332. The van der Waals surface area contributed by atoms with Crippen molar-refractivity contribution in [1.82, 2.24) is 15.1 Å². The van der Waals surface area contributed by atoms with Crippen LogP contribution in [-0.4, -0.2) is 23.9 Å². The minimum atomic E-state index is 0.332. The molecule has 4 nitrogen and oxygen atoms in total. The summed E-state index contributed by atoms with van der Waals surface area (Å²) in [6.45, 7) is 5.27. The molecule has 0 fully saturated rings. The van der Waals surface area contributed by atoms with E-state index in [2.05, 4.69) is 24.3 Å². The van der Waals surface area contributed by atoms with Crippen LogP contribution in [0, 0.1) is 0 Å². The van der Waals surface area contributed by atoms with Crippen molar-refractivity contribution in [3.05, 3.63) is 11.9 Å². The second kappa shape index (κ2) is 10.7. The predicted molar refractivity (Wildman–Crippen MR) is 88.9 cm³/mol. The molecule has 0 aromatic carbocycles. The molecular formula is C17H33N3O. The SMILES string of the molecule is CCCCCCCCCC(NC)c1c(OC)cnn1CC. The van der Waals surface area contributed by atoms with Crippen molar-refractivity contribution in [2.75, 3.05) is 14.2 Å². The number of nitrogens with one attached hydrogen (secondary N) is 1. The molecule has 0 amide bonds. The number of aryl methyl sites for hydroxylation is 1. The molecule has 0 aliphatic carbocycles. The third-order valence-electron chi connectivity index (χ3n) is 4.14. The van der Waals surface area contributed by atoms with Crippen molar-refractivity contribution in [2.24, 2.45) is 0 Å². The lowest BCUT2D eigenvalue weighted by molar-refractivity contribution is 0.387. The molecule has 0 bridgehead atoms. The Morgan fingerprint density at radius 1 is 1.14 bits per heavy atom.